The third kappa shape index (κ3) is 2.48. The molecule has 5 nitrogen and oxygen atoms in total. The van der Waals surface area contributed by atoms with Gasteiger partial charge in [-0.2, -0.15) is 0 Å². The molecule has 1 aliphatic rings. The second-order valence-corrected chi connectivity index (χ2v) is 6.88. The van der Waals surface area contributed by atoms with E-state index in [1.807, 2.05) is 0 Å². The van der Waals surface area contributed by atoms with Crippen molar-refractivity contribution < 1.29 is 9.90 Å². The highest BCUT2D eigenvalue weighted by Gasteiger charge is 2.23. The molecule has 2 heterocycles. The summed E-state index contributed by atoms with van der Waals surface area (Å²) in [5, 5.41) is 9.54. The lowest BCUT2D eigenvalue weighted by atomic mass is 9.89. The predicted molar refractivity (Wildman–Crippen MR) is 82.1 cm³/mol. The Bertz CT molecular complexity index is 775. The summed E-state index contributed by atoms with van der Waals surface area (Å²) in [6.07, 6.45) is 2.98. The molecule has 112 valence electrons. The van der Waals surface area contributed by atoms with Gasteiger partial charge in [0, 0.05) is 11.4 Å². The highest BCUT2D eigenvalue weighted by Crippen LogP contribution is 2.35. The summed E-state index contributed by atoms with van der Waals surface area (Å²) in [7, 11) is 0. The summed E-state index contributed by atoms with van der Waals surface area (Å²) >= 11 is 1.62. The second kappa shape index (κ2) is 5.26. The molecule has 2 aromatic heterocycles. The summed E-state index contributed by atoms with van der Waals surface area (Å²) in [6.45, 7) is 4.19. The molecule has 0 fully saturated rings. The van der Waals surface area contributed by atoms with Crippen LogP contribution in [0.4, 0.5) is 0 Å². The highest BCUT2D eigenvalue weighted by atomic mass is 32.1. The number of carbonyl (C=O) groups is 1. The van der Waals surface area contributed by atoms with Crippen LogP contribution >= 0.6 is 11.3 Å². The first kappa shape index (κ1) is 14.3. The van der Waals surface area contributed by atoms with Gasteiger partial charge in [0.25, 0.3) is 5.56 Å². The standard InChI is InChI=1S/C15H18N2O3S/c1-8-3-4-10-11(7-8)21-14-13(10)15(20)17(9(2)16-14)6-5-12(18)19/h8H,3-7H2,1-2H3,(H,18,19). The van der Waals surface area contributed by atoms with Crippen LogP contribution in [0.1, 0.15) is 36.0 Å². The van der Waals surface area contributed by atoms with E-state index in [9.17, 15) is 9.59 Å². The quantitative estimate of drug-likeness (QED) is 0.945. The van der Waals surface area contributed by atoms with Crippen molar-refractivity contribution in [3.8, 4) is 0 Å². The van der Waals surface area contributed by atoms with Gasteiger partial charge < -0.3 is 5.11 Å². The lowest BCUT2D eigenvalue weighted by Gasteiger charge is -2.17. The van der Waals surface area contributed by atoms with Crippen LogP contribution < -0.4 is 5.56 Å². The van der Waals surface area contributed by atoms with Gasteiger partial charge in [-0.15, -0.1) is 11.3 Å². The van der Waals surface area contributed by atoms with Gasteiger partial charge in [0.2, 0.25) is 0 Å². The number of nitrogens with zero attached hydrogens (tertiary/aromatic N) is 2. The summed E-state index contributed by atoms with van der Waals surface area (Å²) in [5.74, 6) is 0.351. The van der Waals surface area contributed by atoms with Crippen molar-refractivity contribution in [2.45, 2.75) is 46.1 Å². The van der Waals surface area contributed by atoms with Crippen LogP contribution in [-0.4, -0.2) is 20.6 Å². The van der Waals surface area contributed by atoms with E-state index in [0.29, 0.717) is 11.7 Å². The molecular formula is C15H18N2O3S. The molecule has 0 radical (unpaired) electrons. The van der Waals surface area contributed by atoms with Crippen molar-refractivity contribution in [1.29, 1.82) is 0 Å². The van der Waals surface area contributed by atoms with E-state index in [1.54, 1.807) is 18.3 Å². The summed E-state index contributed by atoms with van der Waals surface area (Å²) < 4.78 is 1.50. The molecule has 3 rings (SSSR count). The fourth-order valence-corrected chi connectivity index (χ4v) is 4.41. The topological polar surface area (TPSA) is 72.2 Å². The summed E-state index contributed by atoms with van der Waals surface area (Å²) in [6, 6.07) is 0. The van der Waals surface area contributed by atoms with E-state index in [-0.39, 0.29) is 18.5 Å². The molecule has 0 amide bonds. The molecule has 0 aromatic carbocycles. The van der Waals surface area contributed by atoms with Crippen LogP contribution in [0.25, 0.3) is 10.2 Å². The maximum atomic E-state index is 12.7. The van der Waals surface area contributed by atoms with Gasteiger partial charge >= 0.3 is 5.97 Å². The van der Waals surface area contributed by atoms with Gasteiger partial charge in [-0.1, -0.05) is 6.92 Å². The number of aryl methyl sites for hydroxylation is 2. The molecule has 0 saturated carbocycles. The minimum absolute atomic E-state index is 0.0582. The summed E-state index contributed by atoms with van der Waals surface area (Å²) in [5.41, 5.74) is 1.07. The molecule has 1 unspecified atom stereocenters. The Morgan fingerprint density at radius 1 is 1.52 bits per heavy atom. The number of fused-ring (bicyclic) bond motifs is 3. The zero-order chi connectivity index (χ0) is 15.1. The van der Waals surface area contributed by atoms with Gasteiger partial charge in [0.1, 0.15) is 10.7 Å². The molecule has 0 bridgehead atoms. The van der Waals surface area contributed by atoms with E-state index in [1.165, 1.54) is 9.44 Å². The molecule has 21 heavy (non-hydrogen) atoms. The average molecular weight is 306 g/mol. The average Bonchev–Trinajstić information content (AvgIpc) is 2.74. The molecule has 1 N–H and O–H groups in total. The number of hydrogen-bond acceptors (Lipinski definition) is 4. The van der Waals surface area contributed by atoms with Crippen molar-refractivity contribution in [1.82, 2.24) is 9.55 Å². The molecule has 2 aromatic rings. The number of carboxylic acids is 1. The zero-order valence-electron chi connectivity index (χ0n) is 12.2. The Morgan fingerprint density at radius 3 is 3.00 bits per heavy atom. The van der Waals surface area contributed by atoms with Crippen LogP contribution in [0, 0.1) is 12.8 Å². The van der Waals surface area contributed by atoms with Gasteiger partial charge in [-0.05, 0) is 37.7 Å². The molecule has 0 spiro atoms. The van der Waals surface area contributed by atoms with Crippen molar-refractivity contribution in [2.24, 2.45) is 5.92 Å². The first-order valence-electron chi connectivity index (χ1n) is 7.21. The minimum atomic E-state index is -0.900. The van der Waals surface area contributed by atoms with E-state index in [2.05, 4.69) is 11.9 Å². The van der Waals surface area contributed by atoms with Crippen LogP contribution in [0.5, 0.6) is 0 Å². The fourth-order valence-electron chi connectivity index (χ4n) is 3.00. The first-order chi connectivity index (χ1) is 9.97. The molecular weight excluding hydrogens is 288 g/mol. The summed E-state index contributed by atoms with van der Waals surface area (Å²) in [4.78, 5) is 30.1. The van der Waals surface area contributed by atoms with Crippen molar-refractivity contribution in [3.05, 3.63) is 26.6 Å². The van der Waals surface area contributed by atoms with Gasteiger partial charge in [-0.3, -0.25) is 14.2 Å². The number of hydrogen-bond donors (Lipinski definition) is 1. The first-order valence-corrected chi connectivity index (χ1v) is 8.02. The normalized spacial score (nSPS) is 17.9. The molecule has 6 heteroatoms. The van der Waals surface area contributed by atoms with Crippen LogP contribution in [0.15, 0.2) is 4.79 Å². The predicted octanol–water partition coefficient (Wildman–Crippen LogP) is 2.37. The zero-order valence-corrected chi connectivity index (χ0v) is 13.0. The smallest absolute Gasteiger partial charge is 0.305 e. The maximum absolute atomic E-state index is 12.7. The van der Waals surface area contributed by atoms with Crippen molar-refractivity contribution >= 4 is 27.5 Å². The van der Waals surface area contributed by atoms with Crippen LogP contribution in [0.2, 0.25) is 0 Å². The van der Waals surface area contributed by atoms with E-state index in [0.717, 1.165) is 35.0 Å². The number of thiophene rings is 1. The van der Waals surface area contributed by atoms with Crippen LogP contribution in [0.3, 0.4) is 0 Å². The van der Waals surface area contributed by atoms with Crippen molar-refractivity contribution in [3.63, 3.8) is 0 Å². The van der Waals surface area contributed by atoms with E-state index < -0.39 is 5.97 Å². The van der Waals surface area contributed by atoms with Crippen molar-refractivity contribution in [2.75, 3.05) is 0 Å². The second-order valence-electron chi connectivity index (χ2n) is 5.79. The Labute approximate surface area is 126 Å². The number of aromatic nitrogens is 2. The Kier molecular flexibility index (Phi) is 3.57. The number of rotatable bonds is 3. The lowest BCUT2D eigenvalue weighted by Crippen LogP contribution is -2.25. The maximum Gasteiger partial charge on any atom is 0.305 e. The van der Waals surface area contributed by atoms with E-state index >= 15 is 0 Å². The van der Waals surface area contributed by atoms with E-state index in [4.69, 9.17) is 5.11 Å². The molecule has 0 saturated heterocycles. The molecule has 1 atom stereocenters. The number of aliphatic carboxylic acids is 1. The van der Waals surface area contributed by atoms with Gasteiger partial charge in [0.15, 0.2) is 0 Å². The third-order valence-electron chi connectivity index (χ3n) is 4.16. The molecule has 0 aliphatic heterocycles. The van der Waals surface area contributed by atoms with Crippen LogP contribution in [-0.2, 0) is 24.2 Å². The van der Waals surface area contributed by atoms with Gasteiger partial charge in [-0.25, -0.2) is 4.98 Å². The Hall–Kier alpha value is -1.69. The third-order valence-corrected chi connectivity index (χ3v) is 5.30. The van der Waals surface area contributed by atoms with Gasteiger partial charge in [0.05, 0.1) is 11.8 Å². The lowest BCUT2D eigenvalue weighted by molar-refractivity contribution is -0.137. The highest BCUT2D eigenvalue weighted by molar-refractivity contribution is 7.18. The monoisotopic (exact) mass is 306 g/mol. The number of carboxylic acid groups (broad SMARTS) is 1. The SMILES string of the molecule is Cc1nc2sc3c(c2c(=O)n1CCC(=O)O)CCC(C)C3. The largest absolute Gasteiger partial charge is 0.481 e. The fraction of sp³-hybridized carbons (Fsp3) is 0.533. The molecule has 1 aliphatic carbocycles. The minimum Gasteiger partial charge on any atom is -0.481 e. The Balaban J connectivity index is 2.15. The Morgan fingerprint density at radius 2 is 2.29 bits per heavy atom.